The lowest BCUT2D eigenvalue weighted by atomic mass is 9.95. The van der Waals surface area contributed by atoms with E-state index in [1.807, 2.05) is 0 Å². The van der Waals surface area contributed by atoms with E-state index in [0.717, 1.165) is 6.07 Å². The highest BCUT2D eigenvalue weighted by Gasteiger charge is 2.48. The van der Waals surface area contributed by atoms with Crippen LogP contribution in [0.4, 0.5) is 0 Å². The molecule has 3 aliphatic heterocycles. The minimum Gasteiger partial charge on any atom is -0.508 e. The van der Waals surface area contributed by atoms with E-state index < -0.39 is 104 Å². The highest BCUT2D eigenvalue weighted by Crippen LogP contribution is 2.50. The number of aromatic hydroxyl groups is 2. The monoisotopic (exact) mass is 612 g/mol. The second kappa shape index (κ2) is 12.4. The summed E-state index contributed by atoms with van der Waals surface area (Å²) in [5, 5.41) is 102. The highest BCUT2D eigenvalue weighted by molar-refractivity contribution is 6.03. The highest BCUT2D eigenvalue weighted by atomic mass is 16.7. The molecule has 3 heterocycles. The number of carbonyl (C=O) groups excluding carboxylic acids is 1. The molecule has 0 bridgehead atoms. The van der Waals surface area contributed by atoms with Crippen molar-refractivity contribution in [2.75, 3.05) is 13.2 Å². The topological polar surface area (TPSA) is 266 Å². The molecule has 11 atom stereocenters. The lowest BCUT2D eigenvalue weighted by Crippen LogP contribution is -2.60. The van der Waals surface area contributed by atoms with Gasteiger partial charge in [0.25, 0.3) is 0 Å². The number of rotatable bonds is 7. The third-order valence-corrected chi connectivity index (χ3v) is 7.54. The lowest BCUT2D eigenvalue weighted by molar-refractivity contribution is -0.282. The number of carbonyl (C=O) groups is 1. The van der Waals surface area contributed by atoms with Gasteiger partial charge in [-0.2, -0.15) is 0 Å². The molecule has 16 nitrogen and oxygen atoms in total. The van der Waals surface area contributed by atoms with Crippen LogP contribution in [0.25, 0.3) is 0 Å². The number of benzene rings is 2. The number of hydrogen-bond acceptors (Lipinski definition) is 16. The van der Waals surface area contributed by atoms with Gasteiger partial charge in [0.05, 0.1) is 19.6 Å². The van der Waals surface area contributed by atoms with E-state index in [1.54, 1.807) is 0 Å². The Morgan fingerprint density at radius 1 is 0.744 bits per heavy atom. The van der Waals surface area contributed by atoms with E-state index in [4.69, 9.17) is 23.7 Å². The molecule has 2 saturated heterocycles. The van der Waals surface area contributed by atoms with E-state index in [2.05, 4.69) is 0 Å². The molecule has 3 aliphatic rings. The van der Waals surface area contributed by atoms with Crippen LogP contribution in [0.1, 0.15) is 28.4 Å². The van der Waals surface area contributed by atoms with E-state index in [1.165, 1.54) is 24.3 Å². The first-order valence-electron chi connectivity index (χ1n) is 13.3. The fourth-order valence-corrected chi connectivity index (χ4v) is 5.08. The van der Waals surface area contributed by atoms with Gasteiger partial charge in [-0.1, -0.05) is 12.1 Å². The molecule has 0 amide bonds. The second-order valence-corrected chi connectivity index (χ2v) is 10.4. The summed E-state index contributed by atoms with van der Waals surface area (Å²) in [5.74, 6) is -2.91. The Morgan fingerprint density at radius 3 is 1.81 bits per heavy atom. The Balaban J connectivity index is 1.55. The predicted octanol–water partition coefficient (Wildman–Crippen LogP) is -2.84. The largest absolute Gasteiger partial charge is 0.508 e. The van der Waals surface area contributed by atoms with Gasteiger partial charge in [-0.15, -0.1) is 0 Å². The average molecular weight is 613 g/mol. The van der Waals surface area contributed by atoms with Crippen LogP contribution in [0, 0.1) is 0 Å². The fourth-order valence-electron chi connectivity index (χ4n) is 5.08. The maximum absolute atomic E-state index is 13.2. The maximum atomic E-state index is 13.2. The molecule has 0 radical (unpaired) electrons. The van der Waals surface area contributed by atoms with Crippen LogP contribution in [-0.2, 0) is 9.47 Å². The fraction of sp³-hybridized carbons (Fsp3) is 0.519. The summed E-state index contributed by atoms with van der Waals surface area (Å²) in [5.41, 5.74) is 0.144. The van der Waals surface area contributed by atoms with Crippen molar-refractivity contribution in [3.05, 3.63) is 41.5 Å². The number of ether oxygens (including phenoxy) is 5. The summed E-state index contributed by atoms with van der Waals surface area (Å²) < 4.78 is 28.0. The van der Waals surface area contributed by atoms with E-state index >= 15 is 0 Å². The average Bonchev–Trinajstić information content (AvgIpc) is 2.99. The number of aliphatic hydroxyl groups excluding tert-OH is 8. The summed E-state index contributed by atoms with van der Waals surface area (Å²) in [6, 6.07) is 6.92. The van der Waals surface area contributed by atoms with Crippen molar-refractivity contribution in [2.45, 2.75) is 73.9 Å². The molecule has 0 aliphatic carbocycles. The van der Waals surface area contributed by atoms with Crippen molar-refractivity contribution in [1.82, 2.24) is 0 Å². The van der Waals surface area contributed by atoms with E-state index in [-0.39, 0.29) is 23.5 Å². The van der Waals surface area contributed by atoms with Crippen molar-refractivity contribution < 1.29 is 79.5 Å². The third kappa shape index (κ3) is 5.82. The Labute approximate surface area is 243 Å². The standard InChI is InChI=1S/C27H32O16/c28-7-15-18(32)21(35)23(37)26(41-15)40-14-6-13-17(11(31)5-12(39-13)9-1-3-10(30)4-2-9)20(34)25(14)43-27-24(38)22(36)19(33)16(8-29)42-27/h1-4,6,12,15-16,18-19,21-24,26-30,32-38H,5,7-8H2/t12?,15-,16-,18-,19-,21+,22+,23-,24-,26-,27+/m1/s1. The molecule has 1 unspecified atom stereocenters. The summed E-state index contributed by atoms with van der Waals surface area (Å²) in [4.78, 5) is 13.2. The van der Waals surface area contributed by atoms with Gasteiger partial charge in [0, 0.05) is 6.07 Å². The number of Topliss-reactive ketones (excluding diaryl/α,β-unsaturated/α-hetero) is 1. The maximum Gasteiger partial charge on any atom is 0.229 e. The minimum absolute atomic E-state index is 0.0193. The Bertz CT molecular complexity index is 1300. The Morgan fingerprint density at radius 2 is 1.28 bits per heavy atom. The van der Waals surface area contributed by atoms with Gasteiger partial charge in [0.2, 0.25) is 18.3 Å². The zero-order chi connectivity index (χ0) is 31.2. The molecule has 2 aromatic carbocycles. The second-order valence-electron chi connectivity index (χ2n) is 10.4. The number of aliphatic hydroxyl groups is 8. The zero-order valence-electron chi connectivity index (χ0n) is 22.3. The van der Waals surface area contributed by atoms with Gasteiger partial charge in [0.15, 0.2) is 17.3 Å². The van der Waals surface area contributed by atoms with Gasteiger partial charge in [-0.25, -0.2) is 0 Å². The Hall–Kier alpha value is -3.29. The Kier molecular flexibility index (Phi) is 8.96. The molecule has 2 aromatic rings. The van der Waals surface area contributed by atoms with Gasteiger partial charge in [-0.3, -0.25) is 4.79 Å². The van der Waals surface area contributed by atoms with Crippen LogP contribution in [0.15, 0.2) is 30.3 Å². The first-order valence-corrected chi connectivity index (χ1v) is 13.3. The summed E-state index contributed by atoms with van der Waals surface area (Å²) in [6.07, 6.45) is -18.5. The SMILES string of the molecule is O=C1CC(c2ccc(O)cc2)Oc2cc(O[C@@H]3O[C@H](CO)[C@@H](O)[C@H](O)[C@H]3O)c(O[C@@H]3O[C@H](CO)[C@@H](O)[C@H](O)[C@H]3O)c(O)c21. The van der Waals surface area contributed by atoms with Gasteiger partial charge < -0.3 is 74.7 Å². The molecule has 5 rings (SSSR count). The molecule has 236 valence electrons. The molecule has 0 aromatic heterocycles. The lowest BCUT2D eigenvalue weighted by Gasteiger charge is -2.41. The van der Waals surface area contributed by atoms with Crippen molar-refractivity contribution in [3.8, 4) is 28.7 Å². The number of ketones is 1. The minimum atomic E-state index is -1.93. The van der Waals surface area contributed by atoms with E-state index in [0.29, 0.717) is 5.56 Å². The van der Waals surface area contributed by atoms with Crippen molar-refractivity contribution in [2.24, 2.45) is 0 Å². The van der Waals surface area contributed by atoms with Crippen molar-refractivity contribution in [1.29, 1.82) is 0 Å². The molecular weight excluding hydrogens is 580 g/mol. The molecule has 0 spiro atoms. The van der Waals surface area contributed by atoms with Crippen LogP contribution in [-0.4, -0.2) is 131 Å². The van der Waals surface area contributed by atoms with Crippen LogP contribution < -0.4 is 14.2 Å². The zero-order valence-corrected chi connectivity index (χ0v) is 22.3. The third-order valence-electron chi connectivity index (χ3n) is 7.54. The number of phenols is 2. The summed E-state index contributed by atoms with van der Waals surface area (Å²) >= 11 is 0. The molecule has 43 heavy (non-hydrogen) atoms. The van der Waals surface area contributed by atoms with E-state index in [9.17, 15) is 55.9 Å². The van der Waals surface area contributed by atoms with Gasteiger partial charge in [-0.05, 0) is 17.7 Å². The van der Waals surface area contributed by atoms with Gasteiger partial charge >= 0.3 is 0 Å². The quantitative estimate of drug-likeness (QED) is 0.151. The number of phenolic OH excluding ortho intramolecular Hbond substituents is 2. The predicted molar refractivity (Wildman–Crippen MR) is 137 cm³/mol. The number of hydrogen-bond donors (Lipinski definition) is 10. The summed E-state index contributed by atoms with van der Waals surface area (Å²) in [7, 11) is 0. The molecule has 16 heteroatoms. The first-order chi connectivity index (χ1) is 20.4. The summed E-state index contributed by atoms with van der Waals surface area (Å²) in [6.45, 7) is -1.57. The van der Waals surface area contributed by atoms with Gasteiger partial charge in [0.1, 0.15) is 72.0 Å². The smallest absolute Gasteiger partial charge is 0.229 e. The molecule has 10 N–H and O–H groups in total. The van der Waals surface area contributed by atoms with Crippen LogP contribution in [0.3, 0.4) is 0 Å². The van der Waals surface area contributed by atoms with Crippen molar-refractivity contribution in [3.63, 3.8) is 0 Å². The molecule has 2 fully saturated rings. The van der Waals surface area contributed by atoms with Crippen LogP contribution >= 0.6 is 0 Å². The van der Waals surface area contributed by atoms with Crippen LogP contribution in [0.5, 0.6) is 28.7 Å². The van der Waals surface area contributed by atoms with Crippen LogP contribution in [0.2, 0.25) is 0 Å². The molecular formula is C27H32O16. The molecule has 0 saturated carbocycles. The number of fused-ring (bicyclic) bond motifs is 1. The normalized spacial score (nSPS) is 36.0. The first kappa shape index (κ1) is 31.1. The van der Waals surface area contributed by atoms with Crippen molar-refractivity contribution >= 4 is 5.78 Å².